The zero-order valence-corrected chi connectivity index (χ0v) is 16.8. The van der Waals surface area contributed by atoms with Gasteiger partial charge >= 0.3 is 0 Å². The molecule has 0 saturated heterocycles. The number of aldehydes is 1. The third-order valence-electron chi connectivity index (χ3n) is 5.09. The number of aryl methyl sites for hydroxylation is 4. The van der Waals surface area contributed by atoms with Crippen LogP contribution in [-0.4, -0.2) is 33.4 Å². The maximum atomic E-state index is 10.6. The van der Waals surface area contributed by atoms with Gasteiger partial charge in [-0.1, -0.05) is 18.2 Å². The summed E-state index contributed by atoms with van der Waals surface area (Å²) in [6.45, 7) is 8.88. The number of nitrogens with one attached hydrogen (secondary N) is 1. The number of hydrogen-bond donors (Lipinski definition) is 2. The summed E-state index contributed by atoms with van der Waals surface area (Å²) >= 11 is 0. The van der Waals surface area contributed by atoms with Crippen LogP contribution in [-0.2, 0) is 11.4 Å². The Kier molecular flexibility index (Phi) is 5.99. The molecular weight excluding hydrogens is 354 g/mol. The van der Waals surface area contributed by atoms with E-state index in [1.807, 2.05) is 36.6 Å². The largest absolute Gasteiger partial charge is 0.485 e. The Morgan fingerprint density at radius 3 is 2.64 bits per heavy atom. The summed E-state index contributed by atoms with van der Waals surface area (Å²) in [4.78, 5) is 15.2. The van der Waals surface area contributed by atoms with E-state index < -0.39 is 6.10 Å². The van der Waals surface area contributed by atoms with E-state index in [4.69, 9.17) is 4.74 Å². The molecule has 2 N–H and O–H groups in total. The van der Waals surface area contributed by atoms with Gasteiger partial charge in [0.25, 0.3) is 0 Å². The number of anilines is 1. The fraction of sp³-hybridized carbons (Fsp3) is 0.364. The predicted molar refractivity (Wildman–Crippen MR) is 110 cm³/mol. The molecule has 0 aliphatic heterocycles. The number of aromatic nitrogens is 2. The monoisotopic (exact) mass is 381 g/mol. The van der Waals surface area contributed by atoms with Crippen LogP contribution in [0.3, 0.4) is 0 Å². The highest BCUT2D eigenvalue weighted by Crippen LogP contribution is 2.28. The van der Waals surface area contributed by atoms with Crippen LogP contribution in [0, 0.1) is 27.7 Å². The minimum atomic E-state index is -0.724. The van der Waals surface area contributed by atoms with Crippen molar-refractivity contribution in [2.24, 2.45) is 0 Å². The van der Waals surface area contributed by atoms with Crippen molar-refractivity contribution in [2.45, 2.75) is 46.8 Å². The Bertz CT molecular complexity index is 974. The van der Waals surface area contributed by atoms with E-state index in [1.165, 1.54) is 16.7 Å². The van der Waals surface area contributed by atoms with Gasteiger partial charge in [0, 0.05) is 30.9 Å². The number of carbonyl (C=O) groups excluding carboxylic acids is 1. The molecule has 0 fully saturated rings. The number of carbonyl (C=O) groups is 1. The Hall–Kier alpha value is -2.86. The lowest BCUT2D eigenvalue weighted by molar-refractivity contribution is -0.109. The number of aliphatic hydroxyl groups is 1. The Labute approximate surface area is 165 Å². The molecule has 0 radical (unpaired) electrons. The van der Waals surface area contributed by atoms with Gasteiger partial charge in [0.2, 0.25) is 0 Å². The van der Waals surface area contributed by atoms with E-state index in [0.29, 0.717) is 12.4 Å². The fourth-order valence-electron chi connectivity index (χ4n) is 3.20. The van der Waals surface area contributed by atoms with E-state index in [1.54, 1.807) is 0 Å². The molecule has 0 aliphatic carbocycles. The van der Waals surface area contributed by atoms with E-state index in [-0.39, 0.29) is 13.0 Å². The van der Waals surface area contributed by atoms with Crippen molar-refractivity contribution in [3.05, 3.63) is 58.5 Å². The maximum Gasteiger partial charge on any atom is 0.180 e. The Balaban J connectivity index is 1.91. The molecule has 0 bridgehead atoms. The Morgan fingerprint density at radius 1 is 1.25 bits per heavy atom. The number of ether oxygens (including phenoxy) is 1. The van der Waals surface area contributed by atoms with Gasteiger partial charge in [-0.25, -0.2) is 4.98 Å². The first-order valence-corrected chi connectivity index (χ1v) is 9.43. The molecule has 0 aliphatic rings. The minimum Gasteiger partial charge on any atom is -0.485 e. The van der Waals surface area contributed by atoms with Crippen LogP contribution >= 0.6 is 0 Å². The summed E-state index contributed by atoms with van der Waals surface area (Å²) < 4.78 is 8.18. The lowest BCUT2D eigenvalue weighted by atomic mass is 10.0. The summed E-state index contributed by atoms with van der Waals surface area (Å²) in [6, 6.07) is 8.10. The zero-order chi connectivity index (χ0) is 20.3. The van der Waals surface area contributed by atoms with Gasteiger partial charge < -0.3 is 20.0 Å². The molecule has 0 amide bonds. The van der Waals surface area contributed by atoms with Crippen molar-refractivity contribution in [3.63, 3.8) is 0 Å². The molecule has 28 heavy (non-hydrogen) atoms. The van der Waals surface area contributed by atoms with Crippen molar-refractivity contribution in [1.29, 1.82) is 0 Å². The van der Waals surface area contributed by atoms with Crippen LogP contribution in [0.15, 0.2) is 30.5 Å². The van der Waals surface area contributed by atoms with Gasteiger partial charge in [-0.05, 0) is 44.4 Å². The molecule has 3 aromatic rings. The second-order valence-corrected chi connectivity index (χ2v) is 7.17. The van der Waals surface area contributed by atoms with Gasteiger partial charge in [0.1, 0.15) is 12.9 Å². The van der Waals surface area contributed by atoms with Gasteiger partial charge in [0.15, 0.2) is 11.4 Å². The zero-order valence-electron chi connectivity index (χ0n) is 16.8. The molecule has 0 unspecified atom stereocenters. The normalized spacial score (nSPS) is 12.2. The van der Waals surface area contributed by atoms with Crippen LogP contribution in [0.1, 0.15) is 34.5 Å². The van der Waals surface area contributed by atoms with Crippen LogP contribution in [0.2, 0.25) is 0 Å². The van der Waals surface area contributed by atoms with Crippen LogP contribution in [0.5, 0.6) is 5.75 Å². The number of hydrogen-bond acceptors (Lipinski definition) is 5. The molecule has 148 valence electrons. The highest BCUT2D eigenvalue weighted by Gasteiger charge is 2.14. The van der Waals surface area contributed by atoms with Gasteiger partial charge in [-0.3, -0.25) is 4.40 Å². The molecule has 2 heterocycles. The van der Waals surface area contributed by atoms with E-state index in [0.717, 1.165) is 29.0 Å². The summed E-state index contributed by atoms with van der Waals surface area (Å²) in [5, 5.41) is 13.0. The van der Waals surface area contributed by atoms with Crippen LogP contribution < -0.4 is 10.1 Å². The predicted octanol–water partition coefficient (Wildman–Crippen LogP) is 3.51. The summed E-state index contributed by atoms with van der Waals surface area (Å²) in [6.07, 6.45) is 2.04. The molecule has 3 rings (SSSR count). The second-order valence-electron chi connectivity index (χ2n) is 7.17. The number of pyridine rings is 1. The van der Waals surface area contributed by atoms with Crippen molar-refractivity contribution in [2.75, 3.05) is 11.9 Å². The number of benzene rings is 1. The van der Waals surface area contributed by atoms with E-state index in [9.17, 15) is 9.90 Å². The Morgan fingerprint density at radius 2 is 1.96 bits per heavy atom. The lowest BCUT2D eigenvalue weighted by Gasteiger charge is -2.15. The van der Waals surface area contributed by atoms with Crippen molar-refractivity contribution >= 4 is 17.6 Å². The van der Waals surface area contributed by atoms with Crippen LogP contribution in [0.25, 0.3) is 5.65 Å². The molecule has 0 spiro atoms. The fourth-order valence-corrected chi connectivity index (χ4v) is 3.20. The summed E-state index contributed by atoms with van der Waals surface area (Å²) in [5.41, 5.74) is 7.09. The molecule has 6 nitrogen and oxygen atoms in total. The highest BCUT2D eigenvalue weighted by molar-refractivity contribution is 5.63. The molecule has 1 aromatic carbocycles. The third-order valence-corrected chi connectivity index (χ3v) is 5.09. The number of rotatable bonds is 8. The smallest absolute Gasteiger partial charge is 0.180 e. The topological polar surface area (TPSA) is 75.9 Å². The summed E-state index contributed by atoms with van der Waals surface area (Å²) in [5.74, 6) is 0.675. The van der Waals surface area contributed by atoms with Gasteiger partial charge in [-0.2, -0.15) is 0 Å². The number of aliphatic hydroxyl groups excluding tert-OH is 1. The average Bonchev–Trinajstić information content (AvgIpc) is 2.94. The van der Waals surface area contributed by atoms with Gasteiger partial charge in [-0.15, -0.1) is 0 Å². The molecule has 6 heteroatoms. The highest BCUT2D eigenvalue weighted by atomic mass is 16.5. The number of imidazole rings is 1. The second kappa shape index (κ2) is 8.44. The van der Waals surface area contributed by atoms with Crippen molar-refractivity contribution in [1.82, 2.24) is 9.38 Å². The molecule has 1 atom stereocenters. The summed E-state index contributed by atoms with van der Waals surface area (Å²) in [7, 11) is 0. The minimum absolute atomic E-state index is 0.106. The van der Waals surface area contributed by atoms with Crippen LogP contribution in [0.4, 0.5) is 5.69 Å². The number of nitrogens with zero attached hydrogens (tertiary/aromatic N) is 2. The standard InChI is InChI=1S/C22H27N3O3/c1-14-6-5-7-15(2)20(14)13-28-21-10-18(23-11-19(27)8-9-26)12-25-17(4)16(3)24-22(21)25/h5-7,9-10,12,19,23,27H,8,11,13H2,1-4H3/t19-/m0/s1. The maximum absolute atomic E-state index is 10.6. The molecule has 2 aromatic heterocycles. The molecule has 0 saturated carbocycles. The number of fused-ring (bicyclic) bond motifs is 1. The first-order valence-electron chi connectivity index (χ1n) is 9.43. The SMILES string of the molecule is Cc1cccc(C)c1COc1cc(NC[C@@H](O)CC=O)cn2c(C)c(C)nc12. The van der Waals surface area contributed by atoms with Gasteiger partial charge in [0.05, 0.1) is 17.5 Å². The van der Waals surface area contributed by atoms with E-state index >= 15 is 0 Å². The van der Waals surface area contributed by atoms with Crippen molar-refractivity contribution < 1.29 is 14.6 Å². The van der Waals surface area contributed by atoms with E-state index in [2.05, 4.69) is 36.3 Å². The first kappa shape index (κ1) is 19.9. The first-order chi connectivity index (χ1) is 13.4. The third kappa shape index (κ3) is 4.17. The average molecular weight is 381 g/mol. The quantitative estimate of drug-likeness (QED) is 0.584. The lowest BCUT2D eigenvalue weighted by Crippen LogP contribution is -2.20. The molecular formula is C22H27N3O3. The van der Waals surface area contributed by atoms with Crippen molar-refractivity contribution in [3.8, 4) is 5.75 Å².